The van der Waals surface area contributed by atoms with Crippen LogP contribution in [0.15, 0.2) is 0 Å². The second kappa shape index (κ2) is 5.26. The Kier molecular flexibility index (Phi) is 3.75. The molecule has 0 aliphatic carbocycles. The number of anilines is 1. The smallest absolute Gasteiger partial charge is 0.205 e. The first kappa shape index (κ1) is 14.3. The molecule has 2 unspecified atom stereocenters. The summed E-state index contributed by atoms with van der Waals surface area (Å²) in [5.74, 6) is 0.994. The first-order chi connectivity index (χ1) is 9.49. The van der Waals surface area contributed by atoms with Crippen molar-refractivity contribution in [2.45, 2.75) is 64.5 Å². The van der Waals surface area contributed by atoms with Crippen LogP contribution in [0.4, 0.5) is 5.13 Å². The number of hydrogen-bond acceptors (Lipinski definition) is 5. The predicted molar refractivity (Wildman–Crippen MR) is 84.6 cm³/mol. The standard InChI is InChI=1S/C15H26N4S/c1-5-18-9-8-11-6-7-12(10-18)19(11)14-16-13(17-20-14)15(2,3)4/h11-12H,5-10H2,1-4H3. The van der Waals surface area contributed by atoms with Crippen molar-refractivity contribution in [3.63, 3.8) is 0 Å². The van der Waals surface area contributed by atoms with Crippen molar-refractivity contribution in [1.82, 2.24) is 14.3 Å². The van der Waals surface area contributed by atoms with Crippen molar-refractivity contribution in [3.05, 3.63) is 5.82 Å². The van der Waals surface area contributed by atoms with Crippen LogP contribution in [0.1, 0.15) is 52.8 Å². The number of likely N-dealkylation sites (tertiary alicyclic amines) is 1. The normalized spacial score (nSPS) is 27.9. The lowest BCUT2D eigenvalue weighted by atomic mass is 9.96. The van der Waals surface area contributed by atoms with E-state index >= 15 is 0 Å². The molecule has 20 heavy (non-hydrogen) atoms. The van der Waals surface area contributed by atoms with Gasteiger partial charge < -0.3 is 9.80 Å². The van der Waals surface area contributed by atoms with Gasteiger partial charge in [-0.15, -0.1) is 0 Å². The largest absolute Gasteiger partial charge is 0.340 e. The SMILES string of the molecule is CCN1CCC2CCC(C1)N2c1nc(C(C)(C)C)ns1. The molecule has 0 spiro atoms. The molecule has 3 rings (SSSR count). The van der Waals surface area contributed by atoms with E-state index in [1.54, 1.807) is 11.5 Å². The van der Waals surface area contributed by atoms with Crippen LogP contribution in [0, 0.1) is 0 Å². The highest BCUT2D eigenvalue weighted by Crippen LogP contribution is 2.36. The number of fused-ring (bicyclic) bond motifs is 2. The Balaban J connectivity index is 1.84. The number of nitrogens with zero attached hydrogens (tertiary/aromatic N) is 4. The van der Waals surface area contributed by atoms with E-state index in [-0.39, 0.29) is 5.41 Å². The Morgan fingerprint density at radius 2 is 1.95 bits per heavy atom. The van der Waals surface area contributed by atoms with Gasteiger partial charge in [0.1, 0.15) is 5.82 Å². The van der Waals surface area contributed by atoms with E-state index in [4.69, 9.17) is 4.98 Å². The first-order valence-corrected chi connectivity index (χ1v) is 8.61. The van der Waals surface area contributed by atoms with Crippen LogP contribution < -0.4 is 4.90 Å². The van der Waals surface area contributed by atoms with Gasteiger partial charge in [-0.25, -0.2) is 4.98 Å². The van der Waals surface area contributed by atoms with Gasteiger partial charge in [0.25, 0.3) is 0 Å². The molecule has 5 heteroatoms. The molecule has 3 heterocycles. The van der Waals surface area contributed by atoms with Gasteiger partial charge in [-0.3, -0.25) is 0 Å². The molecule has 112 valence electrons. The number of likely N-dealkylation sites (N-methyl/N-ethyl adjacent to an activating group) is 1. The quantitative estimate of drug-likeness (QED) is 0.839. The van der Waals surface area contributed by atoms with Gasteiger partial charge in [0, 0.05) is 42.1 Å². The molecule has 2 aliphatic rings. The van der Waals surface area contributed by atoms with Crippen LogP contribution >= 0.6 is 11.5 Å². The topological polar surface area (TPSA) is 32.3 Å². The molecule has 2 atom stereocenters. The van der Waals surface area contributed by atoms with Crippen LogP contribution in [0.2, 0.25) is 0 Å². The molecule has 0 radical (unpaired) electrons. The maximum absolute atomic E-state index is 4.85. The lowest BCUT2D eigenvalue weighted by molar-refractivity contribution is 0.273. The Bertz CT molecular complexity index is 465. The van der Waals surface area contributed by atoms with Gasteiger partial charge in [0.15, 0.2) is 0 Å². The fourth-order valence-electron chi connectivity index (χ4n) is 3.37. The fraction of sp³-hybridized carbons (Fsp3) is 0.867. The third-order valence-corrected chi connectivity index (χ3v) is 5.35. The molecule has 2 aliphatic heterocycles. The van der Waals surface area contributed by atoms with E-state index in [2.05, 4.69) is 41.9 Å². The zero-order valence-corrected chi connectivity index (χ0v) is 13.9. The van der Waals surface area contributed by atoms with E-state index < -0.39 is 0 Å². The van der Waals surface area contributed by atoms with E-state index in [1.165, 1.54) is 38.9 Å². The minimum Gasteiger partial charge on any atom is -0.340 e. The van der Waals surface area contributed by atoms with E-state index in [0.29, 0.717) is 12.1 Å². The molecule has 1 aromatic rings. The summed E-state index contributed by atoms with van der Waals surface area (Å²) in [6.45, 7) is 12.4. The summed E-state index contributed by atoms with van der Waals surface area (Å²) < 4.78 is 4.60. The average Bonchev–Trinajstić information content (AvgIpc) is 2.93. The second-order valence-corrected chi connectivity index (χ2v) is 7.86. The first-order valence-electron chi connectivity index (χ1n) is 7.84. The second-order valence-electron chi connectivity index (χ2n) is 7.12. The molecule has 0 aromatic carbocycles. The van der Waals surface area contributed by atoms with Crippen molar-refractivity contribution in [2.75, 3.05) is 24.5 Å². The third kappa shape index (κ3) is 2.58. The summed E-state index contributed by atoms with van der Waals surface area (Å²) in [5.41, 5.74) is 0.0507. The predicted octanol–water partition coefficient (Wildman–Crippen LogP) is 2.90. The Labute approximate surface area is 126 Å². The summed E-state index contributed by atoms with van der Waals surface area (Å²) in [7, 11) is 0. The zero-order chi connectivity index (χ0) is 14.3. The Morgan fingerprint density at radius 1 is 1.20 bits per heavy atom. The van der Waals surface area contributed by atoms with Crippen LogP contribution in [0.3, 0.4) is 0 Å². The zero-order valence-electron chi connectivity index (χ0n) is 13.1. The van der Waals surface area contributed by atoms with Crippen LogP contribution in [0.25, 0.3) is 0 Å². The van der Waals surface area contributed by atoms with Crippen molar-refractivity contribution in [2.24, 2.45) is 0 Å². The maximum atomic E-state index is 4.85. The lowest BCUT2D eigenvalue weighted by Gasteiger charge is -2.28. The van der Waals surface area contributed by atoms with Crippen molar-refractivity contribution in [3.8, 4) is 0 Å². The molecule has 4 nitrogen and oxygen atoms in total. The van der Waals surface area contributed by atoms with Gasteiger partial charge >= 0.3 is 0 Å². The summed E-state index contributed by atoms with van der Waals surface area (Å²) in [6, 6.07) is 1.32. The van der Waals surface area contributed by atoms with Gasteiger partial charge in [0.05, 0.1) is 0 Å². The minimum absolute atomic E-state index is 0.0507. The molecule has 0 amide bonds. The summed E-state index contributed by atoms with van der Waals surface area (Å²) in [5, 5.41) is 1.15. The highest BCUT2D eigenvalue weighted by atomic mass is 32.1. The van der Waals surface area contributed by atoms with Crippen LogP contribution in [-0.2, 0) is 5.41 Å². The lowest BCUT2D eigenvalue weighted by Crippen LogP contribution is -2.39. The Hall–Kier alpha value is -0.680. The third-order valence-electron chi connectivity index (χ3n) is 4.62. The highest BCUT2D eigenvalue weighted by Gasteiger charge is 2.39. The fourth-order valence-corrected chi connectivity index (χ4v) is 4.37. The molecule has 1 aromatic heterocycles. The maximum Gasteiger partial charge on any atom is 0.205 e. The summed E-state index contributed by atoms with van der Waals surface area (Å²) in [4.78, 5) is 10.0. The molecule has 0 N–H and O–H groups in total. The summed E-state index contributed by atoms with van der Waals surface area (Å²) in [6.07, 6.45) is 3.91. The molecule has 2 saturated heterocycles. The molecular formula is C15H26N4S. The number of hydrogen-bond donors (Lipinski definition) is 0. The van der Waals surface area contributed by atoms with Crippen molar-refractivity contribution < 1.29 is 0 Å². The molecule has 2 fully saturated rings. The van der Waals surface area contributed by atoms with E-state index in [0.717, 1.165) is 11.0 Å². The molecular weight excluding hydrogens is 268 g/mol. The number of aromatic nitrogens is 2. The van der Waals surface area contributed by atoms with E-state index in [9.17, 15) is 0 Å². The van der Waals surface area contributed by atoms with Gasteiger partial charge in [0.2, 0.25) is 5.13 Å². The molecule has 0 saturated carbocycles. The van der Waals surface area contributed by atoms with Crippen LogP contribution in [0.5, 0.6) is 0 Å². The van der Waals surface area contributed by atoms with Gasteiger partial charge in [-0.2, -0.15) is 4.37 Å². The molecule has 2 bridgehead atoms. The monoisotopic (exact) mass is 294 g/mol. The summed E-state index contributed by atoms with van der Waals surface area (Å²) >= 11 is 1.59. The number of rotatable bonds is 2. The van der Waals surface area contributed by atoms with Crippen molar-refractivity contribution >= 4 is 16.7 Å². The average molecular weight is 294 g/mol. The van der Waals surface area contributed by atoms with Crippen molar-refractivity contribution in [1.29, 1.82) is 0 Å². The highest BCUT2D eigenvalue weighted by molar-refractivity contribution is 7.09. The van der Waals surface area contributed by atoms with Crippen LogP contribution in [-0.4, -0.2) is 46.0 Å². The Morgan fingerprint density at radius 3 is 2.60 bits per heavy atom. The van der Waals surface area contributed by atoms with Gasteiger partial charge in [-0.1, -0.05) is 27.7 Å². The van der Waals surface area contributed by atoms with E-state index in [1.807, 2.05) is 0 Å². The van der Waals surface area contributed by atoms with Gasteiger partial charge in [-0.05, 0) is 25.8 Å². The minimum atomic E-state index is 0.0507.